The maximum atomic E-state index is 13.5. The van der Waals surface area contributed by atoms with Crippen molar-refractivity contribution < 1.29 is 23.9 Å². The molecule has 9 heteroatoms. The van der Waals surface area contributed by atoms with E-state index >= 15 is 0 Å². The summed E-state index contributed by atoms with van der Waals surface area (Å²) in [7, 11) is 1.26. The summed E-state index contributed by atoms with van der Waals surface area (Å²) < 4.78 is 5.01. The molecule has 4 amide bonds. The molecule has 2 fully saturated rings. The van der Waals surface area contributed by atoms with E-state index in [2.05, 4.69) is 10.6 Å². The highest BCUT2D eigenvalue weighted by Gasteiger charge is 2.66. The SMILES string of the molecule is CCN(C[C@H]1N[C@@](C)(C(=O)OC)[C@H]2C(=O)N(Cc3ccccc3)C(=O)[C@@H]12)C(=O)Nc1ccccc1. The summed E-state index contributed by atoms with van der Waals surface area (Å²) in [5, 5.41) is 6.03. The third-order valence-electron chi connectivity index (χ3n) is 6.89. The third kappa shape index (κ3) is 4.51. The average Bonchev–Trinajstić information content (AvgIpc) is 3.31. The van der Waals surface area contributed by atoms with Gasteiger partial charge in [0.2, 0.25) is 11.8 Å². The zero-order valence-electron chi connectivity index (χ0n) is 20.1. The number of anilines is 1. The molecule has 2 heterocycles. The maximum Gasteiger partial charge on any atom is 0.326 e. The van der Waals surface area contributed by atoms with Crippen molar-refractivity contribution in [2.45, 2.75) is 32.0 Å². The van der Waals surface area contributed by atoms with Crippen molar-refractivity contribution in [2.24, 2.45) is 11.8 Å². The number of likely N-dealkylation sites (N-methyl/N-ethyl adjacent to an activating group) is 1. The number of para-hydroxylation sites is 1. The molecule has 4 atom stereocenters. The Morgan fingerprint density at radius 3 is 2.29 bits per heavy atom. The highest BCUT2D eigenvalue weighted by atomic mass is 16.5. The number of amides is 4. The Hall–Kier alpha value is -3.72. The lowest BCUT2D eigenvalue weighted by molar-refractivity contribution is -0.153. The van der Waals surface area contributed by atoms with E-state index < -0.39 is 35.3 Å². The Kier molecular flexibility index (Phi) is 6.88. The lowest BCUT2D eigenvalue weighted by Crippen LogP contribution is -2.56. The van der Waals surface area contributed by atoms with E-state index in [0.717, 1.165) is 5.56 Å². The molecule has 2 aromatic carbocycles. The third-order valence-corrected chi connectivity index (χ3v) is 6.89. The van der Waals surface area contributed by atoms with Gasteiger partial charge in [0, 0.05) is 24.8 Å². The Bertz CT molecular complexity index is 1110. The normalized spacial score (nSPS) is 25.3. The van der Waals surface area contributed by atoms with Gasteiger partial charge in [0.1, 0.15) is 5.54 Å². The first-order chi connectivity index (χ1) is 16.8. The molecule has 2 saturated heterocycles. The smallest absolute Gasteiger partial charge is 0.326 e. The predicted octanol–water partition coefficient (Wildman–Crippen LogP) is 2.25. The number of nitrogens with one attached hydrogen (secondary N) is 2. The first-order valence-corrected chi connectivity index (χ1v) is 11.7. The number of benzene rings is 2. The lowest BCUT2D eigenvalue weighted by atomic mass is 9.81. The number of ether oxygens (including phenoxy) is 1. The van der Waals surface area contributed by atoms with Gasteiger partial charge in [-0.05, 0) is 31.5 Å². The number of likely N-dealkylation sites (tertiary alicyclic amines) is 1. The second-order valence-corrected chi connectivity index (χ2v) is 9.03. The minimum Gasteiger partial charge on any atom is -0.468 e. The van der Waals surface area contributed by atoms with E-state index in [1.165, 1.54) is 12.0 Å². The zero-order valence-corrected chi connectivity index (χ0v) is 20.1. The maximum absolute atomic E-state index is 13.5. The van der Waals surface area contributed by atoms with Gasteiger partial charge >= 0.3 is 12.0 Å². The van der Waals surface area contributed by atoms with Gasteiger partial charge in [-0.25, -0.2) is 4.79 Å². The molecule has 0 bridgehead atoms. The van der Waals surface area contributed by atoms with Crippen LogP contribution in [0.25, 0.3) is 0 Å². The van der Waals surface area contributed by atoms with Crippen molar-refractivity contribution in [3.8, 4) is 0 Å². The molecule has 0 radical (unpaired) electrons. The van der Waals surface area contributed by atoms with Crippen molar-refractivity contribution in [3.05, 3.63) is 66.2 Å². The van der Waals surface area contributed by atoms with Gasteiger partial charge < -0.3 is 15.0 Å². The van der Waals surface area contributed by atoms with Gasteiger partial charge in [-0.15, -0.1) is 0 Å². The van der Waals surface area contributed by atoms with Crippen LogP contribution in [0.1, 0.15) is 19.4 Å². The molecular weight excluding hydrogens is 448 g/mol. The number of esters is 1. The molecule has 35 heavy (non-hydrogen) atoms. The number of imide groups is 1. The first kappa shape index (κ1) is 24.4. The monoisotopic (exact) mass is 478 g/mol. The van der Waals surface area contributed by atoms with Gasteiger partial charge in [-0.3, -0.25) is 24.6 Å². The Labute approximate surface area is 204 Å². The number of methoxy groups -OCH3 is 1. The molecule has 4 rings (SSSR count). The van der Waals surface area contributed by atoms with Crippen molar-refractivity contribution in [1.82, 2.24) is 15.1 Å². The highest BCUT2D eigenvalue weighted by molar-refractivity contribution is 6.09. The van der Waals surface area contributed by atoms with Crippen LogP contribution in [0.2, 0.25) is 0 Å². The Balaban J connectivity index is 1.59. The summed E-state index contributed by atoms with van der Waals surface area (Å²) in [6.45, 7) is 4.06. The van der Waals surface area contributed by atoms with Crippen LogP contribution < -0.4 is 10.6 Å². The molecule has 2 aliphatic rings. The number of hydrogen-bond donors (Lipinski definition) is 2. The molecule has 2 aromatic rings. The molecule has 184 valence electrons. The number of urea groups is 1. The van der Waals surface area contributed by atoms with Gasteiger partial charge in [-0.2, -0.15) is 0 Å². The molecular formula is C26H30N4O5. The van der Waals surface area contributed by atoms with Crippen molar-refractivity contribution >= 4 is 29.5 Å². The fourth-order valence-corrected chi connectivity index (χ4v) is 5.12. The van der Waals surface area contributed by atoms with Crippen LogP contribution in [-0.2, 0) is 25.7 Å². The summed E-state index contributed by atoms with van der Waals surface area (Å²) in [6.07, 6.45) is 0. The largest absolute Gasteiger partial charge is 0.468 e. The van der Waals surface area contributed by atoms with E-state index in [9.17, 15) is 19.2 Å². The fraction of sp³-hybridized carbons (Fsp3) is 0.385. The Morgan fingerprint density at radius 2 is 1.69 bits per heavy atom. The molecule has 2 N–H and O–H groups in total. The van der Waals surface area contributed by atoms with E-state index in [1.807, 2.05) is 55.5 Å². The number of hydrogen-bond acceptors (Lipinski definition) is 6. The van der Waals surface area contributed by atoms with E-state index in [-0.39, 0.29) is 25.0 Å². The second kappa shape index (κ2) is 9.87. The Morgan fingerprint density at radius 1 is 1.06 bits per heavy atom. The number of fused-ring (bicyclic) bond motifs is 1. The van der Waals surface area contributed by atoms with Crippen molar-refractivity contribution in [2.75, 3.05) is 25.5 Å². The fourth-order valence-electron chi connectivity index (χ4n) is 5.12. The number of nitrogens with zero attached hydrogens (tertiary/aromatic N) is 2. The molecule has 2 aliphatic heterocycles. The molecule has 9 nitrogen and oxygen atoms in total. The van der Waals surface area contributed by atoms with Crippen LogP contribution in [0.5, 0.6) is 0 Å². The van der Waals surface area contributed by atoms with E-state index in [1.54, 1.807) is 24.0 Å². The van der Waals surface area contributed by atoms with Gasteiger partial charge in [0.05, 0.1) is 25.5 Å². The number of rotatable bonds is 7. The van der Waals surface area contributed by atoms with Gasteiger partial charge in [-0.1, -0.05) is 48.5 Å². The van der Waals surface area contributed by atoms with Crippen LogP contribution in [0.4, 0.5) is 10.5 Å². The van der Waals surface area contributed by atoms with Crippen molar-refractivity contribution in [1.29, 1.82) is 0 Å². The van der Waals surface area contributed by atoms with Crippen molar-refractivity contribution in [3.63, 3.8) is 0 Å². The first-order valence-electron chi connectivity index (χ1n) is 11.7. The van der Waals surface area contributed by atoms with Crippen LogP contribution >= 0.6 is 0 Å². The van der Waals surface area contributed by atoms with Gasteiger partial charge in [0.25, 0.3) is 0 Å². The minimum atomic E-state index is -1.39. The van der Waals surface area contributed by atoms with Crippen LogP contribution in [-0.4, -0.2) is 65.4 Å². The lowest BCUT2D eigenvalue weighted by Gasteiger charge is -2.30. The highest BCUT2D eigenvalue weighted by Crippen LogP contribution is 2.44. The number of carbonyl (C=O) groups excluding carboxylic acids is 4. The second-order valence-electron chi connectivity index (χ2n) is 9.03. The summed E-state index contributed by atoms with van der Waals surface area (Å²) >= 11 is 0. The minimum absolute atomic E-state index is 0.126. The van der Waals surface area contributed by atoms with Crippen LogP contribution in [0.3, 0.4) is 0 Å². The molecule has 0 saturated carbocycles. The molecule has 0 aromatic heterocycles. The van der Waals surface area contributed by atoms with Gasteiger partial charge in [0.15, 0.2) is 0 Å². The van der Waals surface area contributed by atoms with E-state index in [4.69, 9.17) is 4.74 Å². The summed E-state index contributed by atoms with van der Waals surface area (Å²) in [5.74, 6) is -3.10. The molecule has 0 spiro atoms. The standard InChI is InChI=1S/C26H30N4O5/c1-4-29(25(34)27-18-13-9-6-10-14-18)16-19-20-21(26(2,28-19)24(33)35-3)23(32)30(22(20)31)15-17-11-7-5-8-12-17/h5-14,19-21,28H,4,15-16H2,1-3H3,(H,27,34)/t19-,20+,21-,26-/m1/s1. The summed E-state index contributed by atoms with van der Waals surface area (Å²) in [4.78, 5) is 55.6. The summed E-state index contributed by atoms with van der Waals surface area (Å²) in [6, 6.07) is 17.4. The van der Waals surface area contributed by atoms with Crippen LogP contribution in [0.15, 0.2) is 60.7 Å². The average molecular weight is 479 g/mol. The molecule has 0 aliphatic carbocycles. The van der Waals surface area contributed by atoms with Crippen LogP contribution in [0, 0.1) is 11.8 Å². The quantitative estimate of drug-likeness (QED) is 0.467. The topological polar surface area (TPSA) is 108 Å². The predicted molar refractivity (Wildman–Crippen MR) is 129 cm³/mol. The molecule has 0 unspecified atom stereocenters. The van der Waals surface area contributed by atoms with E-state index in [0.29, 0.717) is 12.2 Å². The summed E-state index contributed by atoms with van der Waals surface area (Å²) in [5.41, 5.74) is 0.0713. The zero-order chi connectivity index (χ0) is 25.2. The number of carbonyl (C=O) groups is 4.